The molecule has 27 heavy (non-hydrogen) atoms. The lowest BCUT2D eigenvalue weighted by atomic mass is 9.87. The van der Waals surface area contributed by atoms with Crippen molar-refractivity contribution in [3.63, 3.8) is 0 Å². The number of nitrogens with one attached hydrogen (secondary N) is 1. The molecule has 0 radical (unpaired) electrons. The van der Waals surface area contributed by atoms with E-state index in [2.05, 4.69) is 39.5 Å². The first-order valence-electron chi connectivity index (χ1n) is 10.0. The molecular formula is C21H33N3O3. The summed E-state index contributed by atoms with van der Waals surface area (Å²) in [6, 6.07) is 8.52. The van der Waals surface area contributed by atoms with E-state index in [1.54, 1.807) is 0 Å². The molecular weight excluding hydrogens is 342 g/mol. The number of nitrogens with zero attached hydrogens (tertiary/aromatic N) is 2. The molecule has 1 aromatic rings. The smallest absolute Gasteiger partial charge is 0.193 e. The maximum atomic E-state index is 5.67. The van der Waals surface area contributed by atoms with Gasteiger partial charge in [0, 0.05) is 45.3 Å². The van der Waals surface area contributed by atoms with Crippen LogP contribution in [0.1, 0.15) is 30.9 Å². The highest BCUT2D eigenvalue weighted by molar-refractivity contribution is 5.80. The molecule has 0 amide bonds. The first-order chi connectivity index (χ1) is 13.2. The number of benzene rings is 1. The summed E-state index contributed by atoms with van der Waals surface area (Å²) >= 11 is 0. The van der Waals surface area contributed by atoms with E-state index < -0.39 is 0 Å². The molecule has 6 heteroatoms. The second kappa shape index (κ2) is 10.1. The van der Waals surface area contributed by atoms with Crippen molar-refractivity contribution in [2.45, 2.75) is 32.9 Å². The summed E-state index contributed by atoms with van der Waals surface area (Å²) in [4.78, 5) is 6.86. The molecule has 1 unspecified atom stereocenters. The van der Waals surface area contributed by atoms with Gasteiger partial charge in [0.15, 0.2) is 5.96 Å². The molecule has 2 saturated heterocycles. The minimum atomic E-state index is 0.344. The SMILES string of the molecule is CCOCCOCc1cccc(CNC(=NC)N2CCC3(CCOC3)C2)c1. The van der Waals surface area contributed by atoms with E-state index >= 15 is 0 Å². The van der Waals surface area contributed by atoms with Crippen LogP contribution in [0.4, 0.5) is 0 Å². The number of hydrogen-bond acceptors (Lipinski definition) is 4. The number of guanidine groups is 1. The minimum Gasteiger partial charge on any atom is -0.381 e. The van der Waals surface area contributed by atoms with Gasteiger partial charge in [0.1, 0.15) is 0 Å². The van der Waals surface area contributed by atoms with Gasteiger partial charge in [-0.1, -0.05) is 24.3 Å². The van der Waals surface area contributed by atoms with Crippen LogP contribution in [0.15, 0.2) is 29.3 Å². The number of hydrogen-bond donors (Lipinski definition) is 1. The van der Waals surface area contributed by atoms with Gasteiger partial charge >= 0.3 is 0 Å². The lowest BCUT2D eigenvalue weighted by molar-refractivity contribution is 0.0453. The Morgan fingerprint density at radius 3 is 2.89 bits per heavy atom. The number of aliphatic imine (C=N–C) groups is 1. The van der Waals surface area contributed by atoms with Crippen LogP contribution in [0.5, 0.6) is 0 Å². The van der Waals surface area contributed by atoms with Gasteiger partial charge in [0.05, 0.1) is 26.4 Å². The zero-order chi connectivity index (χ0) is 19.0. The third-order valence-corrected chi connectivity index (χ3v) is 5.42. The van der Waals surface area contributed by atoms with Gasteiger partial charge in [-0.05, 0) is 30.9 Å². The molecule has 0 aliphatic carbocycles. The van der Waals surface area contributed by atoms with Crippen molar-refractivity contribution in [2.75, 3.05) is 53.2 Å². The highest BCUT2D eigenvalue weighted by atomic mass is 16.5. The Kier molecular flexibility index (Phi) is 7.50. The highest BCUT2D eigenvalue weighted by Crippen LogP contribution is 2.38. The Balaban J connectivity index is 1.46. The van der Waals surface area contributed by atoms with Gasteiger partial charge in [-0.2, -0.15) is 0 Å². The largest absolute Gasteiger partial charge is 0.381 e. The van der Waals surface area contributed by atoms with Crippen LogP contribution in [0.3, 0.4) is 0 Å². The normalized spacial score (nSPS) is 22.7. The van der Waals surface area contributed by atoms with Gasteiger partial charge in [-0.15, -0.1) is 0 Å². The van der Waals surface area contributed by atoms with Crippen molar-refractivity contribution in [1.29, 1.82) is 0 Å². The van der Waals surface area contributed by atoms with Gasteiger partial charge in [0.25, 0.3) is 0 Å². The molecule has 2 aliphatic rings. The standard InChI is InChI=1S/C21H33N3O3/c1-3-25-11-12-26-15-19-6-4-5-18(13-19)14-23-20(22-2)24-9-7-21(16-24)8-10-27-17-21/h4-6,13H,3,7-12,14-17H2,1-2H3,(H,22,23). The Bertz CT molecular complexity index is 614. The van der Waals surface area contributed by atoms with E-state index in [9.17, 15) is 0 Å². The van der Waals surface area contributed by atoms with E-state index in [4.69, 9.17) is 14.2 Å². The number of likely N-dealkylation sites (tertiary alicyclic amines) is 1. The minimum absolute atomic E-state index is 0.344. The summed E-state index contributed by atoms with van der Waals surface area (Å²) in [5, 5.41) is 3.52. The molecule has 1 atom stereocenters. The lowest BCUT2D eigenvalue weighted by Gasteiger charge is -2.25. The molecule has 1 N–H and O–H groups in total. The fourth-order valence-electron chi connectivity index (χ4n) is 3.88. The second-order valence-electron chi connectivity index (χ2n) is 7.44. The van der Waals surface area contributed by atoms with Gasteiger partial charge in [-0.3, -0.25) is 4.99 Å². The van der Waals surface area contributed by atoms with Crippen LogP contribution < -0.4 is 5.32 Å². The summed E-state index contributed by atoms with van der Waals surface area (Å²) in [6.45, 7) is 9.27. The van der Waals surface area contributed by atoms with Crippen LogP contribution in [0, 0.1) is 5.41 Å². The molecule has 1 aromatic carbocycles. The zero-order valence-corrected chi connectivity index (χ0v) is 16.7. The first-order valence-corrected chi connectivity index (χ1v) is 10.0. The fraction of sp³-hybridized carbons (Fsp3) is 0.667. The Hall–Kier alpha value is -1.63. The predicted molar refractivity (Wildman–Crippen MR) is 107 cm³/mol. The highest BCUT2D eigenvalue weighted by Gasteiger charge is 2.42. The van der Waals surface area contributed by atoms with Crippen molar-refractivity contribution in [2.24, 2.45) is 10.4 Å². The molecule has 150 valence electrons. The molecule has 1 spiro atoms. The van der Waals surface area contributed by atoms with Crippen molar-refractivity contribution in [3.8, 4) is 0 Å². The topological polar surface area (TPSA) is 55.3 Å². The maximum Gasteiger partial charge on any atom is 0.193 e. The summed E-state index contributed by atoms with van der Waals surface area (Å²) in [6.07, 6.45) is 2.37. The van der Waals surface area contributed by atoms with Crippen molar-refractivity contribution < 1.29 is 14.2 Å². The summed E-state index contributed by atoms with van der Waals surface area (Å²) < 4.78 is 16.6. The Morgan fingerprint density at radius 2 is 2.11 bits per heavy atom. The molecule has 0 bridgehead atoms. The van der Waals surface area contributed by atoms with E-state index in [-0.39, 0.29) is 0 Å². The van der Waals surface area contributed by atoms with E-state index in [1.165, 1.54) is 24.0 Å². The Morgan fingerprint density at radius 1 is 1.26 bits per heavy atom. The lowest BCUT2D eigenvalue weighted by Crippen LogP contribution is -2.41. The molecule has 6 nitrogen and oxygen atoms in total. The van der Waals surface area contributed by atoms with E-state index in [0.29, 0.717) is 25.2 Å². The predicted octanol–water partition coefficient (Wildman–Crippen LogP) is 2.43. The average Bonchev–Trinajstić information content (AvgIpc) is 3.33. The molecule has 2 heterocycles. The van der Waals surface area contributed by atoms with Crippen molar-refractivity contribution >= 4 is 5.96 Å². The molecule has 2 fully saturated rings. The van der Waals surface area contributed by atoms with E-state index in [1.807, 2.05) is 14.0 Å². The van der Waals surface area contributed by atoms with Crippen LogP contribution in [0.25, 0.3) is 0 Å². The monoisotopic (exact) mass is 375 g/mol. The van der Waals surface area contributed by atoms with E-state index in [0.717, 1.165) is 45.4 Å². The van der Waals surface area contributed by atoms with Crippen LogP contribution in [-0.4, -0.2) is 64.0 Å². The average molecular weight is 376 g/mol. The van der Waals surface area contributed by atoms with Gasteiger partial charge in [0.2, 0.25) is 0 Å². The molecule has 0 saturated carbocycles. The van der Waals surface area contributed by atoms with Crippen molar-refractivity contribution in [3.05, 3.63) is 35.4 Å². The zero-order valence-electron chi connectivity index (χ0n) is 16.7. The maximum absolute atomic E-state index is 5.67. The van der Waals surface area contributed by atoms with Crippen LogP contribution >= 0.6 is 0 Å². The molecule has 2 aliphatic heterocycles. The molecule has 3 rings (SSSR count). The summed E-state index contributed by atoms with van der Waals surface area (Å²) in [7, 11) is 1.86. The quantitative estimate of drug-likeness (QED) is 0.430. The third kappa shape index (κ3) is 5.67. The van der Waals surface area contributed by atoms with Crippen molar-refractivity contribution in [1.82, 2.24) is 10.2 Å². The number of ether oxygens (including phenoxy) is 3. The second-order valence-corrected chi connectivity index (χ2v) is 7.44. The van der Waals surface area contributed by atoms with Gasteiger partial charge < -0.3 is 24.4 Å². The van der Waals surface area contributed by atoms with Crippen LogP contribution in [-0.2, 0) is 27.4 Å². The number of rotatable bonds is 8. The summed E-state index contributed by atoms with van der Waals surface area (Å²) in [5.41, 5.74) is 2.76. The Labute approximate surface area is 162 Å². The third-order valence-electron chi connectivity index (χ3n) is 5.42. The molecule has 0 aromatic heterocycles. The van der Waals surface area contributed by atoms with Crippen LogP contribution in [0.2, 0.25) is 0 Å². The van der Waals surface area contributed by atoms with Gasteiger partial charge in [-0.25, -0.2) is 0 Å². The first kappa shape index (κ1) is 20.1. The summed E-state index contributed by atoms with van der Waals surface area (Å²) in [5.74, 6) is 0.983. The fourth-order valence-corrected chi connectivity index (χ4v) is 3.88.